The highest BCUT2D eigenvalue weighted by Crippen LogP contribution is 2.31. The highest BCUT2D eigenvalue weighted by atomic mass is 35.5. The summed E-state index contributed by atoms with van der Waals surface area (Å²) in [6.45, 7) is 1.23. The van der Waals surface area contributed by atoms with Gasteiger partial charge in [0.2, 0.25) is 0 Å². The molecule has 0 fully saturated rings. The predicted molar refractivity (Wildman–Crippen MR) is 133 cm³/mol. The van der Waals surface area contributed by atoms with Gasteiger partial charge in [-0.25, -0.2) is 4.68 Å². The molecule has 2 N–H and O–H groups in total. The Balaban J connectivity index is 1.79. The van der Waals surface area contributed by atoms with Gasteiger partial charge in [0.15, 0.2) is 0 Å². The number of carbonyl (C=O) groups is 2. The van der Waals surface area contributed by atoms with Crippen molar-refractivity contribution in [1.82, 2.24) is 35.3 Å². The third-order valence-corrected chi connectivity index (χ3v) is 5.94. The lowest BCUT2D eigenvalue weighted by Gasteiger charge is -2.15. The Kier molecular flexibility index (Phi) is 7.57. The molecule has 0 radical (unpaired) electrons. The van der Waals surface area contributed by atoms with Crippen LogP contribution in [0.2, 0.25) is 10.0 Å². The van der Waals surface area contributed by atoms with Crippen LogP contribution in [0.25, 0.3) is 5.69 Å². The molecule has 4 rings (SSSR count). The Hall–Kier alpha value is -4.48. The molecule has 11 nitrogen and oxygen atoms in total. The van der Waals surface area contributed by atoms with Gasteiger partial charge in [0.1, 0.15) is 17.9 Å². The number of halogens is 5. The van der Waals surface area contributed by atoms with Gasteiger partial charge in [-0.05, 0) is 48.0 Å². The number of anilines is 1. The summed E-state index contributed by atoms with van der Waals surface area (Å²) in [6, 6.07) is 10.6. The van der Waals surface area contributed by atoms with E-state index in [1.54, 1.807) is 13.0 Å². The summed E-state index contributed by atoms with van der Waals surface area (Å²) in [5.41, 5.74) is 0.880. The highest BCUT2D eigenvalue weighted by Gasteiger charge is 2.37. The van der Waals surface area contributed by atoms with Crippen LogP contribution in [0.15, 0.2) is 36.4 Å². The number of benzene rings is 2. The van der Waals surface area contributed by atoms with Gasteiger partial charge in [0.25, 0.3) is 17.6 Å². The molecule has 16 heteroatoms. The highest BCUT2D eigenvalue weighted by molar-refractivity contribution is 6.37. The number of para-hydroxylation sites is 1. The molecular weight excluding hydrogens is 562 g/mol. The van der Waals surface area contributed by atoms with E-state index in [4.69, 9.17) is 23.2 Å². The van der Waals surface area contributed by atoms with E-state index in [0.717, 1.165) is 4.68 Å². The second-order valence-corrected chi connectivity index (χ2v) is 8.82. The third kappa shape index (κ3) is 5.69. The monoisotopic (exact) mass is 577 g/mol. The van der Waals surface area contributed by atoms with E-state index in [-0.39, 0.29) is 50.5 Å². The zero-order valence-corrected chi connectivity index (χ0v) is 21.5. The van der Waals surface area contributed by atoms with Crippen LogP contribution < -0.4 is 10.6 Å². The standard InChI is InChI=1S/C23H16Cl2F3N9O2/c1-11-6-12(9-29)7-14(20(38)30-2)18(11)31-21(39)17-8-13(10-36-34-22(32-35-36)23(26,27)28)33-37(17)19-15(24)4-3-5-16(19)25/h3-8H,10H2,1-2H3,(H,30,38)(H,31,39). The first-order chi connectivity index (χ1) is 18.4. The van der Waals surface area contributed by atoms with Crippen molar-refractivity contribution < 1.29 is 22.8 Å². The first-order valence-corrected chi connectivity index (χ1v) is 11.6. The van der Waals surface area contributed by atoms with E-state index in [0.29, 0.717) is 10.4 Å². The summed E-state index contributed by atoms with van der Waals surface area (Å²) in [4.78, 5) is 26.7. The fourth-order valence-corrected chi connectivity index (χ4v) is 4.17. The molecule has 0 atom stereocenters. The van der Waals surface area contributed by atoms with Gasteiger partial charge >= 0.3 is 6.18 Å². The zero-order chi connectivity index (χ0) is 28.5. The minimum absolute atomic E-state index is 0.0379. The van der Waals surface area contributed by atoms with E-state index in [1.807, 2.05) is 6.07 Å². The molecule has 2 heterocycles. The summed E-state index contributed by atoms with van der Waals surface area (Å²) in [5, 5.41) is 28.6. The molecule has 0 aliphatic rings. The van der Waals surface area contributed by atoms with Crippen molar-refractivity contribution in [3.63, 3.8) is 0 Å². The van der Waals surface area contributed by atoms with Crippen molar-refractivity contribution in [2.24, 2.45) is 0 Å². The minimum atomic E-state index is -4.80. The topological polar surface area (TPSA) is 143 Å². The summed E-state index contributed by atoms with van der Waals surface area (Å²) in [6.07, 6.45) is -4.80. The average molecular weight is 578 g/mol. The number of amides is 2. The Morgan fingerprint density at radius 2 is 1.79 bits per heavy atom. The maximum absolute atomic E-state index is 13.5. The van der Waals surface area contributed by atoms with E-state index in [2.05, 4.69) is 31.1 Å². The first kappa shape index (κ1) is 27.6. The Labute approximate surface area is 228 Å². The largest absolute Gasteiger partial charge is 0.455 e. The molecule has 0 bridgehead atoms. The number of nitrogens with zero attached hydrogens (tertiary/aromatic N) is 7. The molecule has 200 valence electrons. The smallest absolute Gasteiger partial charge is 0.355 e. The molecule has 4 aromatic rings. The lowest BCUT2D eigenvalue weighted by atomic mass is 10.0. The van der Waals surface area contributed by atoms with Gasteiger partial charge in [-0.2, -0.15) is 28.3 Å². The number of nitriles is 1. The lowest BCUT2D eigenvalue weighted by Crippen LogP contribution is -2.23. The van der Waals surface area contributed by atoms with Gasteiger partial charge in [-0.3, -0.25) is 9.59 Å². The molecule has 0 unspecified atom stereocenters. The van der Waals surface area contributed by atoms with Gasteiger partial charge in [-0.1, -0.05) is 29.3 Å². The number of aromatic nitrogens is 6. The Morgan fingerprint density at radius 3 is 2.38 bits per heavy atom. The predicted octanol–water partition coefficient (Wildman–Crippen LogP) is 4.02. The number of alkyl halides is 3. The molecule has 0 aliphatic heterocycles. The summed E-state index contributed by atoms with van der Waals surface area (Å²) in [5.74, 6) is -2.75. The van der Waals surface area contributed by atoms with Crippen LogP contribution in [0.4, 0.5) is 18.9 Å². The quantitative estimate of drug-likeness (QED) is 0.352. The first-order valence-electron chi connectivity index (χ1n) is 10.9. The molecule has 0 aliphatic carbocycles. The number of carbonyl (C=O) groups excluding carboxylic acids is 2. The summed E-state index contributed by atoms with van der Waals surface area (Å²) in [7, 11) is 1.39. The second kappa shape index (κ2) is 10.7. The second-order valence-electron chi connectivity index (χ2n) is 8.00. The Morgan fingerprint density at radius 1 is 1.10 bits per heavy atom. The molecule has 2 aromatic heterocycles. The van der Waals surface area contributed by atoms with Crippen molar-refractivity contribution in [3.8, 4) is 11.8 Å². The summed E-state index contributed by atoms with van der Waals surface area (Å²) < 4.78 is 39.8. The number of hydrogen-bond donors (Lipinski definition) is 2. The average Bonchev–Trinajstić information content (AvgIpc) is 3.52. The van der Waals surface area contributed by atoms with Crippen LogP contribution in [-0.4, -0.2) is 48.8 Å². The minimum Gasteiger partial charge on any atom is -0.355 e. The number of rotatable bonds is 6. The molecule has 2 aromatic carbocycles. The zero-order valence-electron chi connectivity index (χ0n) is 20.0. The van der Waals surface area contributed by atoms with Crippen molar-refractivity contribution in [1.29, 1.82) is 5.26 Å². The summed E-state index contributed by atoms with van der Waals surface area (Å²) >= 11 is 12.7. The van der Waals surface area contributed by atoms with Crippen molar-refractivity contribution in [2.75, 3.05) is 12.4 Å². The van der Waals surface area contributed by atoms with Crippen LogP contribution in [0, 0.1) is 18.3 Å². The van der Waals surface area contributed by atoms with Crippen LogP contribution in [0.1, 0.15) is 43.5 Å². The third-order valence-electron chi connectivity index (χ3n) is 5.33. The maximum Gasteiger partial charge on any atom is 0.455 e. The SMILES string of the molecule is CNC(=O)c1cc(C#N)cc(C)c1NC(=O)c1cc(Cn2nnc(C(F)(F)F)n2)nn1-c1c(Cl)cccc1Cl. The molecule has 0 saturated carbocycles. The van der Waals surface area contributed by atoms with Crippen LogP contribution >= 0.6 is 23.2 Å². The van der Waals surface area contributed by atoms with E-state index >= 15 is 0 Å². The van der Waals surface area contributed by atoms with Gasteiger partial charge in [0.05, 0.1) is 38.6 Å². The van der Waals surface area contributed by atoms with E-state index < -0.39 is 23.8 Å². The van der Waals surface area contributed by atoms with Crippen LogP contribution in [0.5, 0.6) is 0 Å². The number of tetrazole rings is 1. The normalized spacial score (nSPS) is 11.2. The molecular formula is C23H16Cl2F3N9O2. The van der Waals surface area contributed by atoms with E-state index in [1.165, 1.54) is 37.4 Å². The fourth-order valence-electron chi connectivity index (χ4n) is 3.61. The van der Waals surface area contributed by atoms with Gasteiger partial charge in [0, 0.05) is 7.05 Å². The fraction of sp³-hybridized carbons (Fsp3) is 0.174. The number of aryl methyl sites for hydroxylation is 1. The van der Waals surface area contributed by atoms with Crippen molar-refractivity contribution in [2.45, 2.75) is 19.6 Å². The van der Waals surface area contributed by atoms with E-state index in [9.17, 15) is 28.0 Å². The molecule has 39 heavy (non-hydrogen) atoms. The molecule has 0 saturated heterocycles. The molecule has 2 amide bonds. The number of hydrogen-bond acceptors (Lipinski definition) is 7. The van der Waals surface area contributed by atoms with Crippen molar-refractivity contribution >= 4 is 40.7 Å². The Bertz CT molecular complexity index is 1620. The van der Waals surface area contributed by atoms with Crippen LogP contribution in [0.3, 0.4) is 0 Å². The maximum atomic E-state index is 13.5. The van der Waals surface area contributed by atoms with Gasteiger partial charge in [-0.15, -0.1) is 10.2 Å². The van der Waals surface area contributed by atoms with Gasteiger partial charge < -0.3 is 10.6 Å². The van der Waals surface area contributed by atoms with Crippen molar-refractivity contribution in [3.05, 3.63) is 80.3 Å². The van der Waals surface area contributed by atoms with Crippen LogP contribution in [-0.2, 0) is 12.7 Å². The molecule has 0 spiro atoms. The lowest BCUT2D eigenvalue weighted by molar-refractivity contribution is -0.145. The number of nitrogens with one attached hydrogen (secondary N) is 2.